The van der Waals surface area contributed by atoms with E-state index in [0.29, 0.717) is 54.6 Å². The van der Waals surface area contributed by atoms with Crippen LogP contribution in [-0.4, -0.2) is 69.3 Å². The van der Waals surface area contributed by atoms with Gasteiger partial charge in [-0.3, -0.25) is 14.7 Å². The first-order valence-corrected chi connectivity index (χ1v) is 10.3. The molecule has 30 heavy (non-hydrogen) atoms. The highest BCUT2D eigenvalue weighted by Gasteiger charge is 2.41. The van der Waals surface area contributed by atoms with Gasteiger partial charge in [-0.2, -0.15) is 5.10 Å². The highest BCUT2D eigenvalue weighted by molar-refractivity contribution is 6.33. The molecule has 2 aromatic heterocycles. The number of aromatic nitrogens is 3. The summed E-state index contributed by atoms with van der Waals surface area (Å²) in [5, 5.41) is 20.1. The summed E-state index contributed by atoms with van der Waals surface area (Å²) in [6, 6.07) is 3.32. The van der Waals surface area contributed by atoms with Crippen molar-refractivity contribution in [1.82, 2.24) is 25.4 Å². The van der Waals surface area contributed by atoms with E-state index >= 15 is 0 Å². The van der Waals surface area contributed by atoms with Crippen LogP contribution in [0.25, 0.3) is 11.3 Å². The summed E-state index contributed by atoms with van der Waals surface area (Å²) in [5.41, 5.74) is 0.820. The molecule has 3 heterocycles. The number of aromatic amines is 1. The molecule has 0 unspecified atom stereocenters. The fourth-order valence-electron chi connectivity index (χ4n) is 3.53. The number of H-pyrrole nitrogens is 1. The molecule has 0 spiro atoms. The van der Waals surface area contributed by atoms with Gasteiger partial charge in [0.25, 0.3) is 5.91 Å². The second-order valence-electron chi connectivity index (χ2n) is 7.88. The van der Waals surface area contributed by atoms with Crippen molar-refractivity contribution in [2.45, 2.75) is 31.3 Å². The van der Waals surface area contributed by atoms with E-state index in [0.717, 1.165) is 12.8 Å². The molecule has 0 radical (unpaired) electrons. The number of amides is 2. The van der Waals surface area contributed by atoms with E-state index in [1.165, 1.54) is 13.3 Å². The smallest absolute Gasteiger partial charge is 0.274 e. The largest absolute Gasteiger partial charge is 0.481 e. The number of ether oxygens (including phenoxy) is 1. The normalized spacial score (nSPS) is 18.2. The molecular formula is C20H24ClN5O4. The van der Waals surface area contributed by atoms with E-state index in [-0.39, 0.29) is 23.4 Å². The summed E-state index contributed by atoms with van der Waals surface area (Å²) in [5.74, 6) is 0.0202. The third kappa shape index (κ3) is 4.41. The Labute approximate surface area is 178 Å². The molecule has 2 amide bonds. The molecule has 9 nitrogen and oxygen atoms in total. The molecule has 1 saturated heterocycles. The lowest BCUT2D eigenvalue weighted by molar-refractivity contribution is -0.126. The zero-order valence-electron chi connectivity index (χ0n) is 16.7. The maximum Gasteiger partial charge on any atom is 0.274 e. The Bertz CT molecular complexity index is 950. The van der Waals surface area contributed by atoms with Gasteiger partial charge < -0.3 is 20.1 Å². The summed E-state index contributed by atoms with van der Waals surface area (Å²) >= 11 is 6.21. The standard InChI is InChI=1S/C20H24ClN5O4/c1-30-17-8-13(14(21)10-22-17)15-9-16(25-24-15)19(28)26-6-2-12(3-7-26)18(27)23-11-20(29)4-5-20/h8-10,12,29H,2-7,11H2,1H3,(H,23,27)(H,24,25). The predicted molar refractivity (Wildman–Crippen MR) is 109 cm³/mol. The van der Waals surface area contributed by atoms with Crippen LogP contribution in [0.1, 0.15) is 36.2 Å². The van der Waals surface area contributed by atoms with Crippen molar-refractivity contribution in [3.05, 3.63) is 29.0 Å². The van der Waals surface area contributed by atoms with Crippen LogP contribution in [0, 0.1) is 5.92 Å². The van der Waals surface area contributed by atoms with Crippen molar-refractivity contribution in [3.8, 4) is 17.1 Å². The summed E-state index contributed by atoms with van der Waals surface area (Å²) in [6.45, 7) is 1.27. The highest BCUT2D eigenvalue weighted by Crippen LogP contribution is 2.34. The lowest BCUT2D eigenvalue weighted by atomic mass is 9.95. The third-order valence-corrected chi connectivity index (χ3v) is 6.00. The summed E-state index contributed by atoms with van der Waals surface area (Å²) in [4.78, 5) is 30.9. The maximum atomic E-state index is 12.8. The van der Waals surface area contributed by atoms with Gasteiger partial charge in [0.05, 0.1) is 29.6 Å². The molecule has 4 rings (SSSR count). The molecule has 0 atom stereocenters. The Morgan fingerprint density at radius 2 is 2.10 bits per heavy atom. The molecule has 2 aromatic rings. The number of hydrogen-bond acceptors (Lipinski definition) is 6. The lowest BCUT2D eigenvalue weighted by Gasteiger charge is -2.31. The van der Waals surface area contributed by atoms with Gasteiger partial charge >= 0.3 is 0 Å². The molecule has 2 fully saturated rings. The van der Waals surface area contributed by atoms with Crippen molar-refractivity contribution in [2.75, 3.05) is 26.7 Å². The number of carbonyl (C=O) groups excluding carboxylic acids is 2. The second kappa shape index (κ2) is 8.23. The van der Waals surface area contributed by atoms with Crippen molar-refractivity contribution >= 4 is 23.4 Å². The number of hydrogen-bond donors (Lipinski definition) is 3. The van der Waals surface area contributed by atoms with Crippen LogP contribution in [0.4, 0.5) is 0 Å². The summed E-state index contributed by atoms with van der Waals surface area (Å²) in [7, 11) is 1.51. The van der Waals surface area contributed by atoms with Gasteiger partial charge in [0.2, 0.25) is 11.8 Å². The minimum atomic E-state index is -0.703. The topological polar surface area (TPSA) is 120 Å². The van der Waals surface area contributed by atoms with Crippen LogP contribution >= 0.6 is 11.6 Å². The Kier molecular flexibility index (Phi) is 5.66. The molecule has 0 bridgehead atoms. The quantitative estimate of drug-likeness (QED) is 0.636. The number of methoxy groups -OCH3 is 1. The van der Waals surface area contributed by atoms with Crippen LogP contribution in [-0.2, 0) is 4.79 Å². The fourth-order valence-corrected chi connectivity index (χ4v) is 3.74. The molecule has 10 heteroatoms. The van der Waals surface area contributed by atoms with Crippen molar-refractivity contribution in [1.29, 1.82) is 0 Å². The first kappa shape index (κ1) is 20.6. The molecule has 1 aliphatic carbocycles. The predicted octanol–water partition coefficient (Wildman–Crippen LogP) is 1.63. The van der Waals surface area contributed by atoms with Gasteiger partial charge in [-0.15, -0.1) is 0 Å². The van der Waals surface area contributed by atoms with E-state index in [9.17, 15) is 14.7 Å². The summed E-state index contributed by atoms with van der Waals surface area (Å²) < 4.78 is 5.12. The van der Waals surface area contributed by atoms with Crippen LogP contribution in [0.15, 0.2) is 18.3 Å². The van der Waals surface area contributed by atoms with E-state index in [2.05, 4.69) is 20.5 Å². The zero-order chi connectivity index (χ0) is 21.3. The number of pyridine rings is 1. The number of nitrogens with zero attached hydrogens (tertiary/aromatic N) is 3. The average Bonchev–Trinajstić information content (AvgIpc) is 3.30. The molecule has 0 aromatic carbocycles. The van der Waals surface area contributed by atoms with E-state index in [1.54, 1.807) is 17.0 Å². The molecule has 1 aliphatic heterocycles. The Morgan fingerprint density at radius 1 is 1.37 bits per heavy atom. The minimum absolute atomic E-state index is 0.0502. The number of piperidine rings is 1. The molecule has 3 N–H and O–H groups in total. The fraction of sp³-hybridized carbons (Fsp3) is 0.500. The van der Waals surface area contributed by atoms with Crippen LogP contribution < -0.4 is 10.1 Å². The number of rotatable bonds is 6. The first-order chi connectivity index (χ1) is 14.4. The van der Waals surface area contributed by atoms with Crippen molar-refractivity contribution in [2.24, 2.45) is 5.92 Å². The summed E-state index contributed by atoms with van der Waals surface area (Å²) in [6.07, 6.45) is 4.13. The number of likely N-dealkylation sites (tertiary alicyclic amines) is 1. The van der Waals surface area contributed by atoms with Gasteiger partial charge in [-0.1, -0.05) is 11.6 Å². The minimum Gasteiger partial charge on any atom is -0.481 e. The van der Waals surface area contributed by atoms with Gasteiger partial charge in [0.1, 0.15) is 0 Å². The number of nitrogens with one attached hydrogen (secondary N) is 2. The van der Waals surface area contributed by atoms with Crippen LogP contribution in [0.3, 0.4) is 0 Å². The number of halogens is 1. The monoisotopic (exact) mass is 433 g/mol. The average molecular weight is 434 g/mol. The third-order valence-electron chi connectivity index (χ3n) is 5.70. The Balaban J connectivity index is 1.35. The van der Waals surface area contributed by atoms with E-state index in [1.807, 2.05) is 0 Å². The number of aliphatic hydroxyl groups is 1. The molecule has 160 valence electrons. The second-order valence-corrected chi connectivity index (χ2v) is 8.29. The molecule has 2 aliphatic rings. The van der Waals surface area contributed by atoms with Gasteiger partial charge in [-0.05, 0) is 31.7 Å². The van der Waals surface area contributed by atoms with Crippen LogP contribution in [0.2, 0.25) is 5.02 Å². The zero-order valence-corrected chi connectivity index (χ0v) is 17.4. The van der Waals surface area contributed by atoms with Gasteiger partial charge in [0.15, 0.2) is 5.69 Å². The maximum absolute atomic E-state index is 12.8. The van der Waals surface area contributed by atoms with Gasteiger partial charge in [0, 0.05) is 37.2 Å². The lowest BCUT2D eigenvalue weighted by Crippen LogP contribution is -2.44. The Morgan fingerprint density at radius 3 is 2.77 bits per heavy atom. The molecular weight excluding hydrogens is 410 g/mol. The molecule has 1 saturated carbocycles. The number of carbonyl (C=O) groups is 2. The highest BCUT2D eigenvalue weighted by atomic mass is 35.5. The van der Waals surface area contributed by atoms with Crippen molar-refractivity contribution < 1.29 is 19.4 Å². The van der Waals surface area contributed by atoms with E-state index in [4.69, 9.17) is 16.3 Å². The van der Waals surface area contributed by atoms with Crippen LogP contribution in [0.5, 0.6) is 5.88 Å². The Hall–Kier alpha value is -2.65. The van der Waals surface area contributed by atoms with Crippen molar-refractivity contribution in [3.63, 3.8) is 0 Å². The SMILES string of the molecule is COc1cc(-c2cc(C(=O)N3CCC(C(=O)NCC4(O)CC4)CC3)n[nH]2)c(Cl)cn1. The van der Waals surface area contributed by atoms with Gasteiger partial charge in [-0.25, -0.2) is 4.98 Å². The first-order valence-electron chi connectivity index (χ1n) is 9.93. The van der Waals surface area contributed by atoms with E-state index < -0.39 is 5.60 Å².